The molecule has 0 amide bonds. The molecule has 1 aromatic rings. The van der Waals surface area contributed by atoms with Crippen LogP contribution in [0.4, 0.5) is 0 Å². The van der Waals surface area contributed by atoms with E-state index in [2.05, 4.69) is 22.6 Å². The molecule has 0 saturated carbocycles. The van der Waals surface area contributed by atoms with Crippen molar-refractivity contribution in [1.82, 2.24) is 0 Å². The zero-order chi connectivity index (χ0) is 12.3. The molecule has 0 spiro atoms. The number of halogens is 1. The van der Waals surface area contributed by atoms with Crippen molar-refractivity contribution in [3.63, 3.8) is 0 Å². The van der Waals surface area contributed by atoms with Crippen molar-refractivity contribution in [3.8, 4) is 11.5 Å². The summed E-state index contributed by atoms with van der Waals surface area (Å²) < 4.78 is 17.0. The van der Waals surface area contributed by atoms with Crippen LogP contribution in [0, 0.1) is 0 Å². The number of ether oxygens (including phenoxy) is 3. The molecule has 17 heavy (non-hydrogen) atoms. The summed E-state index contributed by atoms with van der Waals surface area (Å²) >= 11 is 2.25. The van der Waals surface area contributed by atoms with Gasteiger partial charge in [-0.1, -0.05) is 22.6 Å². The predicted molar refractivity (Wildman–Crippen MR) is 71.2 cm³/mol. The minimum absolute atomic E-state index is 0.0801. The Morgan fingerprint density at radius 1 is 1.53 bits per heavy atom. The van der Waals surface area contributed by atoms with E-state index in [4.69, 9.17) is 14.2 Å². The van der Waals surface area contributed by atoms with Gasteiger partial charge in [-0.2, -0.15) is 0 Å². The molecule has 5 heteroatoms. The average molecular weight is 348 g/mol. The Morgan fingerprint density at radius 3 is 3.06 bits per heavy atom. The van der Waals surface area contributed by atoms with Crippen LogP contribution in [0.1, 0.15) is 17.3 Å². The molecule has 1 aliphatic heterocycles. The van der Waals surface area contributed by atoms with Crippen LogP contribution in [0.15, 0.2) is 18.2 Å². The van der Waals surface area contributed by atoms with Gasteiger partial charge >= 0.3 is 5.97 Å². The summed E-state index contributed by atoms with van der Waals surface area (Å²) in [5, 5.41) is 0. The van der Waals surface area contributed by atoms with Crippen LogP contribution in [-0.2, 0) is 4.74 Å². The zero-order valence-corrected chi connectivity index (χ0v) is 11.6. The highest BCUT2D eigenvalue weighted by Crippen LogP contribution is 2.33. The van der Waals surface area contributed by atoms with Gasteiger partial charge in [0, 0.05) is 4.43 Å². The second kappa shape index (κ2) is 5.57. The molecule has 0 fully saturated rings. The predicted octanol–water partition coefficient (Wildman–Crippen LogP) is 2.44. The Morgan fingerprint density at radius 2 is 2.35 bits per heavy atom. The van der Waals surface area contributed by atoms with E-state index in [-0.39, 0.29) is 12.1 Å². The number of carbonyl (C=O) groups is 1. The molecular weight excluding hydrogens is 335 g/mol. The normalized spacial score (nSPS) is 17.6. The summed E-state index contributed by atoms with van der Waals surface area (Å²) in [6, 6.07) is 5.10. The largest absolute Gasteiger partial charge is 0.486 e. The average Bonchev–Trinajstić information content (AvgIpc) is 2.37. The van der Waals surface area contributed by atoms with Crippen molar-refractivity contribution in [3.05, 3.63) is 23.8 Å². The van der Waals surface area contributed by atoms with E-state index in [1.165, 1.54) is 0 Å². The smallest absolute Gasteiger partial charge is 0.338 e. The second-order valence-electron chi connectivity index (χ2n) is 3.59. The standard InChI is InChI=1S/C12H13IO4/c1-2-15-12(14)8-3-4-10-11(5-8)16-7-9(6-13)17-10/h3-5,9H,2,6-7H2,1H3. The molecule has 2 rings (SSSR count). The van der Waals surface area contributed by atoms with E-state index in [0.717, 1.165) is 4.43 Å². The minimum atomic E-state index is -0.338. The highest BCUT2D eigenvalue weighted by Gasteiger charge is 2.21. The lowest BCUT2D eigenvalue weighted by Crippen LogP contribution is -2.30. The summed E-state index contributed by atoms with van der Waals surface area (Å²) in [6.07, 6.45) is 0.0801. The Bertz CT molecular complexity index is 419. The van der Waals surface area contributed by atoms with Gasteiger partial charge in [0.25, 0.3) is 0 Å². The van der Waals surface area contributed by atoms with Gasteiger partial charge in [0.2, 0.25) is 0 Å². The number of esters is 1. The van der Waals surface area contributed by atoms with Crippen LogP contribution in [0.5, 0.6) is 11.5 Å². The Balaban J connectivity index is 2.18. The Kier molecular flexibility index (Phi) is 4.09. The fourth-order valence-corrected chi connectivity index (χ4v) is 1.97. The van der Waals surface area contributed by atoms with Crippen LogP contribution in [-0.4, -0.2) is 29.7 Å². The lowest BCUT2D eigenvalue weighted by Gasteiger charge is -2.25. The summed E-state index contributed by atoms with van der Waals surface area (Å²) in [6.45, 7) is 2.66. The number of benzene rings is 1. The maximum Gasteiger partial charge on any atom is 0.338 e. The number of hydrogen-bond acceptors (Lipinski definition) is 4. The lowest BCUT2D eigenvalue weighted by atomic mass is 10.2. The number of alkyl halides is 1. The lowest BCUT2D eigenvalue weighted by molar-refractivity contribution is 0.0524. The van der Waals surface area contributed by atoms with Gasteiger partial charge < -0.3 is 14.2 Å². The first-order chi connectivity index (χ1) is 8.24. The third kappa shape index (κ3) is 2.83. The van der Waals surface area contributed by atoms with Gasteiger partial charge in [-0.15, -0.1) is 0 Å². The molecule has 1 aromatic carbocycles. The van der Waals surface area contributed by atoms with Gasteiger partial charge in [-0.05, 0) is 25.1 Å². The summed E-state index contributed by atoms with van der Waals surface area (Å²) in [4.78, 5) is 11.5. The molecule has 1 aliphatic rings. The highest BCUT2D eigenvalue weighted by molar-refractivity contribution is 14.1. The van der Waals surface area contributed by atoms with Gasteiger partial charge in [0.15, 0.2) is 11.5 Å². The van der Waals surface area contributed by atoms with Crippen LogP contribution in [0.3, 0.4) is 0 Å². The first kappa shape index (κ1) is 12.5. The van der Waals surface area contributed by atoms with Crippen molar-refractivity contribution in [2.75, 3.05) is 17.6 Å². The van der Waals surface area contributed by atoms with Crippen LogP contribution in [0.2, 0.25) is 0 Å². The second-order valence-corrected chi connectivity index (χ2v) is 4.47. The van der Waals surface area contributed by atoms with E-state index >= 15 is 0 Å². The molecule has 4 nitrogen and oxygen atoms in total. The molecule has 0 radical (unpaired) electrons. The third-order valence-electron chi connectivity index (χ3n) is 2.35. The van der Waals surface area contributed by atoms with Crippen LogP contribution < -0.4 is 9.47 Å². The van der Waals surface area contributed by atoms with Gasteiger partial charge in [-0.3, -0.25) is 0 Å². The molecule has 1 heterocycles. The van der Waals surface area contributed by atoms with Crippen molar-refractivity contribution in [1.29, 1.82) is 0 Å². The maximum atomic E-state index is 11.5. The quantitative estimate of drug-likeness (QED) is 0.478. The number of hydrogen-bond donors (Lipinski definition) is 0. The number of rotatable bonds is 3. The first-order valence-electron chi connectivity index (χ1n) is 5.41. The summed E-state index contributed by atoms with van der Waals surface area (Å²) in [7, 11) is 0. The number of fused-ring (bicyclic) bond motifs is 1. The Hall–Kier alpha value is -0.980. The molecule has 0 saturated heterocycles. The van der Waals surface area contributed by atoms with E-state index in [1.807, 2.05) is 0 Å². The van der Waals surface area contributed by atoms with Crippen molar-refractivity contribution >= 4 is 28.6 Å². The van der Waals surface area contributed by atoms with Gasteiger partial charge in [0.05, 0.1) is 12.2 Å². The maximum absolute atomic E-state index is 11.5. The van der Waals surface area contributed by atoms with E-state index in [1.54, 1.807) is 25.1 Å². The minimum Gasteiger partial charge on any atom is -0.486 e. The first-order valence-corrected chi connectivity index (χ1v) is 6.93. The van der Waals surface area contributed by atoms with Gasteiger partial charge in [0.1, 0.15) is 12.7 Å². The fraction of sp³-hybridized carbons (Fsp3) is 0.417. The molecule has 0 bridgehead atoms. The highest BCUT2D eigenvalue weighted by atomic mass is 127. The topological polar surface area (TPSA) is 44.8 Å². The SMILES string of the molecule is CCOC(=O)c1ccc2c(c1)OCC(CI)O2. The molecule has 0 aliphatic carbocycles. The van der Waals surface area contributed by atoms with E-state index in [0.29, 0.717) is 30.3 Å². The molecular formula is C12H13IO4. The zero-order valence-electron chi connectivity index (χ0n) is 9.44. The Labute approximate surface area is 113 Å². The van der Waals surface area contributed by atoms with E-state index in [9.17, 15) is 4.79 Å². The van der Waals surface area contributed by atoms with E-state index < -0.39 is 0 Å². The van der Waals surface area contributed by atoms with Crippen molar-refractivity contribution in [2.24, 2.45) is 0 Å². The summed E-state index contributed by atoms with van der Waals surface area (Å²) in [5.74, 6) is 0.956. The third-order valence-corrected chi connectivity index (χ3v) is 3.33. The number of carbonyl (C=O) groups excluding carboxylic acids is 1. The molecule has 0 aromatic heterocycles. The summed E-state index contributed by atoms with van der Waals surface area (Å²) in [5.41, 5.74) is 0.488. The fourth-order valence-electron chi connectivity index (χ4n) is 1.53. The molecule has 0 N–H and O–H groups in total. The van der Waals surface area contributed by atoms with Gasteiger partial charge in [-0.25, -0.2) is 4.79 Å². The monoisotopic (exact) mass is 348 g/mol. The molecule has 1 unspecified atom stereocenters. The molecule has 1 atom stereocenters. The molecule has 92 valence electrons. The van der Waals surface area contributed by atoms with Crippen molar-refractivity contribution < 1.29 is 19.0 Å². The van der Waals surface area contributed by atoms with Crippen LogP contribution >= 0.6 is 22.6 Å². The van der Waals surface area contributed by atoms with Crippen molar-refractivity contribution in [2.45, 2.75) is 13.0 Å². The van der Waals surface area contributed by atoms with Crippen LogP contribution in [0.25, 0.3) is 0 Å².